The minimum absolute atomic E-state index is 0.0928. The van der Waals surface area contributed by atoms with E-state index < -0.39 is 0 Å². The van der Waals surface area contributed by atoms with Gasteiger partial charge in [-0.1, -0.05) is 34.6 Å². The molecular weight excluding hydrogens is 278 g/mol. The molecule has 0 spiro atoms. The van der Waals surface area contributed by atoms with Crippen LogP contribution in [0, 0.1) is 17.3 Å². The van der Waals surface area contributed by atoms with Crippen molar-refractivity contribution in [2.45, 2.75) is 59.6 Å². The molecule has 1 amide bonds. The zero-order valence-electron chi connectivity index (χ0n) is 14.9. The van der Waals surface area contributed by atoms with Crippen molar-refractivity contribution < 1.29 is 9.90 Å². The molecule has 1 rings (SSSR count). The fourth-order valence-corrected chi connectivity index (χ4v) is 2.96. The van der Waals surface area contributed by atoms with Crippen LogP contribution in [0.4, 0.5) is 0 Å². The maximum absolute atomic E-state index is 12.2. The number of nitrogens with zero attached hydrogens (tertiary/aromatic N) is 1. The molecular formula is C17H35N3O2. The summed E-state index contributed by atoms with van der Waals surface area (Å²) in [5, 5.41) is 13.3. The number of rotatable bonds is 6. The van der Waals surface area contributed by atoms with Gasteiger partial charge in [0.2, 0.25) is 5.91 Å². The van der Waals surface area contributed by atoms with Crippen LogP contribution in [0.2, 0.25) is 0 Å². The van der Waals surface area contributed by atoms with Crippen LogP contribution in [0.1, 0.15) is 47.5 Å². The third kappa shape index (κ3) is 6.23. The molecule has 130 valence electrons. The molecule has 1 aliphatic rings. The summed E-state index contributed by atoms with van der Waals surface area (Å²) >= 11 is 0. The Morgan fingerprint density at radius 3 is 2.50 bits per heavy atom. The van der Waals surface area contributed by atoms with Gasteiger partial charge in [-0.05, 0) is 24.7 Å². The highest BCUT2D eigenvalue weighted by atomic mass is 16.3. The number of hydrogen-bond donors (Lipinski definition) is 3. The van der Waals surface area contributed by atoms with Gasteiger partial charge >= 0.3 is 0 Å². The van der Waals surface area contributed by atoms with Crippen LogP contribution < -0.4 is 11.1 Å². The van der Waals surface area contributed by atoms with Gasteiger partial charge < -0.3 is 16.2 Å². The standard InChI is InChI=1S/C17H35N3O2/c1-12(2)15(21)9-13-8-14(11-20(10-13)7-6-18)19-16(22)17(3,4)5/h12-15,21H,6-11,18H2,1-5H3,(H,19,22). The Kier molecular flexibility index (Phi) is 7.29. The second-order valence-corrected chi connectivity index (χ2v) is 8.12. The number of aliphatic hydroxyl groups is 1. The molecule has 1 aliphatic heterocycles. The Morgan fingerprint density at radius 2 is 2.00 bits per heavy atom. The molecule has 0 aromatic heterocycles. The van der Waals surface area contributed by atoms with E-state index in [0.717, 1.165) is 32.5 Å². The summed E-state index contributed by atoms with van der Waals surface area (Å²) < 4.78 is 0. The fourth-order valence-electron chi connectivity index (χ4n) is 2.96. The molecule has 5 nitrogen and oxygen atoms in total. The van der Waals surface area contributed by atoms with Gasteiger partial charge in [0.1, 0.15) is 0 Å². The average Bonchev–Trinajstić information content (AvgIpc) is 2.37. The van der Waals surface area contributed by atoms with Crippen LogP contribution in [-0.2, 0) is 4.79 Å². The number of likely N-dealkylation sites (tertiary alicyclic amines) is 1. The molecule has 0 aromatic rings. The van der Waals surface area contributed by atoms with Gasteiger partial charge in [-0.3, -0.25) is 9.69 Å². The fraction of sp³-hybridized carbons (Fsp3) is 0.941. The van der Waals surface area contributed by atoms with Gasteiger partial charge in [0.15, 0.2) is 0 Å². The monoisotopic (exact) mass is 313 g/mol. The minimum atomic E-state index is -0.372. The highest BCUT2D eigenvalue weighted by Crippen LogP contribution is 2.24. The summed E-state index contributed by atoms with van der Waals surface area (Å²) in [5.41, 5.74) is 5.32. The number of hydrogen-bond acceptors (Lipinski definition) is 4. The van der Waals surface area contributed by atoms with E-state index in [0.29, 0.717) is 12.5 Å². The lowest BCUT2D eigenvalue weighted by atomic mass is 9.86. The van der Waals surface area contributed by atoms with Crippen molar-refractivity contribution in [3.05, 3.63) is 0 Å². The highest BCUT2D eigenvalue weighted by Gasteiger charge is 2.32. The quantitative estimate of drug-likeness (QED) is 0.688. The molecule has 0 aromatic carbocycles. The lowest BCUT2D eigenvalue weighted by Crippen LogP contribution is -2.54. The normalized spacial score (nSPS) is 25.3. The molecule has 0 bridgehead atoms. The first-order valence-corrected chi connectivity index (χ1v) is 8.55. The number of nitrogens with one attached hydrogen (secondary N) is 1. The largest absolute Gasteiger partial charge is 0.393 e. The SMILES string of the molecule is CC(C)C(O)CC1CC(NC(=O)C(C)(C)C)CN(CCN)C1. The number of aliphatic hydroxyl groups excluding tert-OH is 1. The van der Waals surface area contributed by atoms with Crippen molar-refractivity contribution in [3.8, 4) is 0 Å². The van der Waals surface area contributed by atoms with Crippen molar-refractivity contribution in [2.24, 2.45) is 23.0 Å². The summed E-state index contributed by atoms with van der Waals surface area (Å²) in [7, 11) is 0. The van der Waals surface area contributed by atoms with E-state index in [4.69, 9.17) is 5.73 Å². The molecule has 0 saturated carbocycles. The number of carbonyl (C=O) groups is 1. The number of piperidine rings is 1. The van der Waals surface area contributed by atoms with Gasteiger partial charge in [-0.2, -0.15) is 0 Å². The molecule has 1 fully saturated rings. The van der Waals surface area contributed by atoms with Crippen LogP contribution >= 0.6 is 0 Å². The van der Waals surface area contributed by atoms with Crippen LogP contribution in [0.5, 0.6) is 0 Å². The van der Waals surface area contributed by atoms with Crippen LogP contribution in [0.3, 0.4) is 0 Å². The lowest BCUT2D eigenvalue weighted by Gasteiger charge is -2.39. The number of nitrogens with two attached hydrogens (primary N) is 1. The minimum Gasteiger partial charge on any atom is -0.393 e. The molecule has 3 atom stereocenters. The van der Waals surface area contributed by atoms with Gasteiger partial charge in [-0.15, -0.1) is 0 Å². The summed E-state index contributed by atoms with van der Waals surface area (Å²) in [6.45, 7) is 13.2. The topological polar surface area (TPSA) is 78.6 Å². The third-order valence-corrected chi connectivity index (χ3v) is 4.42. The first-order chi connectivity index (χ1) is 10.1. The number of carbonyl (C=O) groups excluding carboxylic acids is 1. The summed E-state index contributed by atoms with van der Waals surface area (Å²) in [4.78, 5) is 14.5. The maximum Gasteiger partial charge on any atom is 0.225 e. The van der Waals surface area contributed by atoms with Gasteiger partial charge in [0.05, 0.1) is 6.10 Å². The smallest absolute Gasteiger partial charge is 0.225 e. The Hall–Kier alpha value is -0.650. The van der Waals surface area contributed by atoms with E-state index in [-0.39, 0.29) is 29.4 Å². The van der Waals surface area contributed by atoms with E-state index >= 15 is 0 Å². The van der Waals surface area contributed by atoms with Gasteiger partial charge in [-0.25, -0.2) is 0 Å². The van der Waals surface area contributed by atoms with Crippen molar-refractivity contribution in [1.82, 2.24) is 10.2 Å². The predicted molar refractivity (Wildman–Crippen MR) is 90.4 cm³/mol. The molecule has 5 heteroatoms. The Labute approximate surface area is 135 Å². The van der Waals surface area contributed by atoms with Crippen molar-refractivity contribution in [3.63, 3.8) is 0 Å². The van der Waals surface area contributed by atoms with Crippen molar-refractivity contribution >= 4 is 5.91 Å². The molecule has 0 radical (unpaired) electrons. The average molecular weight is 313 g/mol. The van der Waals surface area contributed by atoms with Crippen molar-refractivity contribution in [2.75, 3.05) is 26.2 Å². The molecule has 4 N–H and O–H groups in total. The zero-order valence-corrected chi connectivity index (χ0v) is 14.9. The Balaban J connectivity index is 2.66. The van der Waals surface area contributed by atoms with E-state index in [1.165, 1.54) is 0 Å². The van der Waals surface area contributed by atoms with Crippen LogP contribution in [0.15, 0.2) is 0 Å². The summed E-state index contributed by atoms with van der Waals surface area (Å²) in [5.74, 6) is 0.769. The molecule has 1 heterocycles. The van der Waals surface area contributed by atoms with E-state index in [1.807, 2.05) is 34.6 Å². The van der Waals surface area contributed by atoms with E-state index in [1.54, 1.807) is 0 Å². The van der Waals surface area contributed by atoms with Crippen LogP contribution in [-0.4, -0.2) is 54.2 Å². The molecule has 0 aliphatic carbocycles. The summed E-state index contributed by atoms with van der Waals surface area (Å²) in [6, 6.07) is 0.149. The Morgan fingerprint density at radius 1 is 1.36 bits per heavy atom. The zero-order chi connectivity index (χ0) is 16.9. The van der Waals surface area contributed by atoms with Gasteiger partial charge in [0, 0.05) is 37.6 Å². The van der Waals surface area contributed by atoms with Gasteiger partial charge in [0.25, 0.3) is 0 Å². The first-order valence-electron chi connectivity index (χ1n) is 8.55. The molecule has 3 unspecified atom stereocenters. The van der Waals surface area contributed by atoms with E-state index in [9.17, 15) is 9.90 Å². The second-order valence-electron chi connectivity index (χ2n) is 8.12. The van der Waals surface area contributed by atoms with Crippen LogP contribution in [0.25, 0.3) is 0 Å². The van der Waals surface area contributed by atoms with E-state index in [2.05, 4.69) is 10.2 Å². The highest BCUT2D eigenvalue weighted by molar-refractivity contribution is 5.81. The number of amides is 1. The summed E-state index contributed by atoms with van der Waals surface area (Å²) in [6.07, 6.45) is 1.45. The molecule has 1 saturated heterocycles. The molecule has 22 heavy (non-hydrogen) atoms. The second kappa shape index (κ2) is 8.27. The van der Waals surface area contributed by atoms with Crippen molar-refractivity contribution in [1.29, 1.82) is 0 Å². The Bertz CT molecular complexity index is 352. The maximum atomic E-state index is 12.2. The third-order valence-electron chi connectivity index (χ3n) is 4.42. The lowest BCUT2D eigenvalue weighted by molar-refractivity contribution is -0.129. The predicted octanol–water partition coefficient (Wildman–Crippen LogP) is 1.20. The first kappa shape index (κ1) is 19.4.